The van der Waals surface area contributed by atoms with Crippen LogP contribution in [-0.2, 0) is 6.54 Å². The van der Waals surface area contributed by atoms with E-state index in [9.17, 15) is 4.79 Å². The van der Waals surface area contributed by atoms with Crippen molar-refractivity contribution < 1.29 is 19.0 Å². The standard InChI is InChI=1S/C20H18N2O4S/c1-24-19-7-2-13(11-21-19)12-22-20(23)18-6-5-17(27-18)14-3-4-15-16(10-14)26-9-8-25-15/h2-7,10-11H,8-9,12H2,1H3,(H,22,23). The first-order valence-corrected chi connectivity index (χ1v) is 9.31. The van der Waals surface area contributed by atoms with Gasteiger partial charge in [0.15, 0.2) is 11.5 Å². The number of thiophene rings is 1. The van der Waals surface area contributed by atoms with Crippen LogP contribution < -0.4 is 19.5 Å². The molecule has 1 aliphatic heterocycles. The number of nitrogens with one attached hydrogen (secondary N) is 1. The van der Waals surface area contributed by atoms with Crippen LogP contribution in [0.1, 0.15) is 15.2 Å². The maximum atomic E-state index is 12.4. The largest absolute Gasteiger partial charge is 0.486 e. The van der Waals surface area contributed by atoms with Gasteiger partial charge >= 0.3 is 0 Å². The molecule has 1 aliphatic rings. The second-order valence-electron chi connectivity index (χ2n) is 5.91. The van der Waals surface area contributed by atoms with E-state index in [1.807, 2.05) is 36.4 Å². The molecule has 4 rings (SSSR count). The van der Waals surface area contributed by atoms with E-state index in [1.165, 1.54) is 11.3 Å². The van der Waals surface area contributed by atoms with Crippen LogP contribution in [0.4, 0.5) is 0 Å². The third kappa shape index (κ3) is 3.88. The number of carbonyl (C=O) groups excluding carboxylic acids is 1. The third-order valence-electron chi connectivity index (χ3n) is 4.12. The number of ether oxygens (including phenoxy) is 3. The van der Waals surface area contributed by atoms with Gasteiger partial charge in [0.1, 0.15) is 13.2 Å². The number of amides is 1. The number of hydrogen-bond donors (Lipinski definition) is 1. The SMILES string of the molecule is COc1ccc(CNC(=O)c2ccc(-c3ccc4c(c3)OCCO4)s2)cn1. The Hall–Kier alpha value is -3.06. The molecule has 27 heavy (non-hydrogen) atoms. The van der Waals surface area contributed by atoms with Crippen LogP contribution in [0, 0.1) is 0 Å². The minimum Gasteiger partial charge on any atom is -0.486 e. The molecule has 0 unspecified atom stereocenters. The average molecular weight is 382 g/mol. The average Bonchev–Trinajstić information content (AvgIpc) is 3.22. The lowest BCUT2D eigenvalue weighted by Crippen LogP contribution is -2.21. The summed E-state index contributed by atoms with van der Waals surface area (Å²) >= 11 is 1.44. The third-order valence-corrected chi connectivity index (χ3v) is 5.25. The number of benzene rings is 1. The molecule has 0 aliphatic carbocycles. The van der Waals surface area contributed by atoms with Gasteiger partial charge < -0.3 is 19.5 Å². The summed E-state index contributed by atoms with van der Waals surface area (Å²) in [6.45, 7) is 1.53. The fraction of sp³-hybridized carbons (Fsp3) is 0.200. The van der Waals surface area contributed by atoms with E-state index in [0.717, 1.165) is 27.5 Å². The highest BCUT2D eigenvalue weighted by Crippen LogP contribution is 2.36. The van der Waals surface area contributed by atoms with Gasteiger partial charge in [0, 0.05) is 23.7 Å². The van der Waals surface area contributed by atoms with Crippen LogP contribution in [0.15, 0.2) is 48.7 Å². The normalized spacial score (nSPS) is 12.5. The van der Waals surface area contributed by atoms with Crippen molar-refractivity contribution in [2.75, 3.05) is 20.3 Å². The Morgan fingerprint density at radius 1 is 1.15 bits per heavy atom. The Morgan fingerprint density at radius 3 is 2.78 bits per heavy atom. The fourth-order valence-electron chi connectivity index (χ4n) is 2.72. The van der Waals surface area contributed by atoms with E-state index in [-0.39, 0.29) is 5.91 Å². The van der Waals surface area contributed by atoms with Crippen molar-refractivity contribution in [3.8, 4) is 27.8 Å². The van der Waals surface area contributed by atoms with Crippen LogP contribution >= 0.6 is 11.3 Å². The maximum absolute atomic E-state index is 12.4. The highest BCUT2D eigenvalue weighted by atomic mass is 32.1. The van der Waals surface area contributed by atoms with Crippen LogP contribution in [-0.4, -0.2) is 31.2 Å². The first kappa shape index (κ1) is 17.4. The minimum absolute atomic E-state index is 0.111. The second-order valence-corrected chi connectivity index (χ2v) is 7.00. The number of hydrogen-bond acceptors (Lipinski definition) is 6. The Kier molecular flexibility index (Phi) is 4.93. The number of carbonyl (C=O) groups is 1. The summed E-state index contributed by atoms with van der Waals surface area (Å²) in [6, 6.07) is 13.3. The number of fused-ring (bicyclic) bond motifs is 1. The van der Waals surface area contributed by atoms with Crippen molar-refractivity contribution in [1.29, 1.82) is 0 Å². The van der Waals surface area contributed by atoms with Crippen LogP contribution in [0.5, 0.6) is 17.4 Å². The zero-order chi connectivity index (χ0) is 18.6. The van der Waals surface area contributed by atoms with E-state index in [0.29, 0.717) is 30.5 Å². The lowest BCUT2D eigenvalue weighted by atomic mass is 10.1. The molecule has 0 saturated heterocycles. The molecule has 0 atom stereocenters. The Morgan fingerprint density at radius 2 is 2.00 bits per heavy atom. The summed E-state index contributed by atoms with van der Waals surface area (Å²) < 4.78 is 16.2. The molecule has 0 radical (unpaired) electrons. The molecular weight excluding hydrogens is 364 g/mol. The lowest BCUT2D eigenvalue weighted by Gasteiger charge is -2.18. The van der Waals surface area contributed by atoms with Crippen molar-refractivity contribution in [2.45, 2.75) is 6.54 Å². The molecule has 3 aromatic rings. The Labute approximate surface area is 160 Å². The second kappa shape index (κ2) is 7.67. The van der Waals surface area contributed by atoms with E-state index in [4.69, 9.17) is 14.2 Å². The summed E-state index contributed by atoms with van der Waals surface area (Å²) in [7, 11) is 1.57. The molecule has 7 heteroatoms. The molecule has 0 fully saturated rings. The van der Waals surface area contributed by atoms with Crippen molar-refractivity contribution in [3.63, 3.8) is 0 Å². The molecule has 138 valence electrons. The first-order valence-electron chi connectivity index (χ1n) is 8.50. The van der Waals surface area contributed by atoms with Crippen molar-refractivity contribution in [1.82, 2.24) is 10.3 Å². The van der Waals surface area contributed by atoms with Crippen LogP contribution in [0.2, 0.25) is 0 Å². The zero-order valence-electron chi connectivity index (χ0n) is 14.7. The number of pyridine rings is 1. The van der Waals surface area contributed by atoms with Gasteiger partial charge in [-0.3, -0.25) is 4.79 Å². The summed E-state index contributed by atoms with van der Waals surface area (Å²) in [4.78, 5) is 18.2. The van der Waals surface area contributed by atoms with Gasteiger partial charge in [-0.2, -0.15) is 0 Å². The summed E-state index contributed by atoms with van der Waals surface area (Å²) in [5, 5.41) is 2.91. The monoisotopic (exact) mass is 382 g/mol. The van der Waals surface area contributed by atoms with Gasteiger partial charge in [0.05, 0.1) is 12.0 Å². The van der Waals surface area contributed by atoms with Gasteiger partial charge in [-0.15, -0.1) is 11.3 Å². The predicted octanol–water partition coefficient (Wildman–Crippen LogP) is 3.52. The maximum Gasteiger partial charge on any atom is 0.261 e. The first-order chi connectivity index (χ1) is 13.2. The van der Waals surface area contributed by atoms with E-state index >= 15 is 0 Å². The topological polar surface area (TPSA) is 69.7 Å². The lowest BCUT2D eigenvalue weighted by molar-refractivity contribution is 0.0955. The Bertz CT molecular complexity index is 953. The quantitative estimate of drug-likeness (QED) is 0.731. The molecule has 6 nitrogen and oxygen atoms in total. The molecule has 3 heterocycles. The molecule has 2 aromatic heterocycles. The minimum atomic E-state index is -0.111. The zero-order valence-corrected chi connectivity index (χ0v) is 15.5. The molecule has 1 amide bonds. The van der Waals surface area contributed by atoms with Crippen molar-refractivity contribution in [2.24, 2.45) is 0 Å². The van der Waals surface area contributed by atoms with E-state index < -0.39 is 0 Å². The molecular formula is C20H18N2O4S. The van der Waals surface area contributed by atoms with Crippen molar-refractivity contribution in [3.05, 3.63) is 59.1 Å². The Balaban J connectivity index is 1.43. The van der Waals surface area contributed by atoms with E-state index in [2.05, 4.69) is 10.3 Å². The molecule has 0 spiro atoms. The van der Waals surface area contributed by atoms with Gasteiger partial charge in [-0.1, -0.05) is 6.07 Å². The van der Waals surface area contributed by atoms with Gasteiger partial charge in [0.25, 0.3) is 5.91 Å². The van der Waals surface area contributed by atoms with E-state index in [1.54, 1.807) is 19.4 Å². The summed E-state index contributed by atoms with van der Waals surface area (Å²) in [5.74, 6) is 1.93. The van der Waals surface area contributed by atoms with Gasteiger partial charge in [0.2, 0.25) is 5.88 Å². The van der Waals surface area contributed by atoms with Crippen LogP contribution in [0.3, 0.4) is 0 Å². The van der Waals surface area contributed by atoms with Crippen LogP contribution in [0.25, 0.3) is 10.4 Å². The number of rotatable bonds is 5. The molecule has 0 saturated carbocycles. The summed E-state index contributed by atoms with van der Waals surface area (Å²) in [6.07, 6.45) is 1.69. The van der Waals surface area contributed by atoms with Gasteiger partial charge in [-0.25, -0.2) is 4.98 Å². The van der Waals surface area contributed by atoms with Gasteiger partial charge in [-0.05, 0) is 41.5 Å². The number of nitrogens with zero attached hydrogens (tertiary/aromatic N) is 1. The summed E-state index contributed by atoms with van der Waals surface area (Å²) in [5.41, 5.74) is 1.91. The van der Waals surface area contributed by atoms with Crippen molar-refractivity contribution >= 4 is 17.2 Å². The molecule has 0 bridgehead atoms. The molecule has 1 aromatic carbocycles. The highest BCUT2D eigenvalue weighted by Gasteiger charge is 2.15. The fourth-order valence-corrected chi connectivity index (χ4v) is 3.64. The highest BCUT2D eigenvalue weighted by molar-refractivity contribution is 7.17. The number of aromatic nitrogens is 1. The smallest absolute Gasteiger partial charge is 0.261 e. The predicted molar refractivity (Wildman–Crippen MR) is 103 cm³/mol. The number of methoxy groups -OCH3 is 1. The molecule has 1 N–H and O–H groups in total.